The average Bonchev–Trinajstić information content (AvgIpc) is 3.58. The number of halogens is 1. The van der Waals surface area contributed by atoms with E-state index >= 15 is 0 Å². The molecule has 6 nitrogen and oxygen atoms in total. The van der Waals surface area contributed by atoms with Crippen molar-refractivity contribution in [3.05, 3.63) is 83.2 Å². The van der Waals surface area contributed by atoms with E-state index in [1.54, 1.807) is 47.4 Å². The molecule has 0 amide bonds. The maximum absolute atomic E-state index is 14.1. The fourth-order valence-corrected chi connectivity index (χ4v) is 8.86. The summed E-state index contributed by atoms with van der Waals surface area (Å²) in [5.74, 6) is -0.444. The van der Waals surface area contributed by atoms with Crippen molar-refractivity contribution >= 4 is 21.7 Å². The number of pyridine rings is 1. The second-order valence-corrected chi connectivity index (χ2v) is 12.8. The van der Waals surface area contributed by atoms with Crippen molar-refractivity contribution in [1.29, 1.82) is 0 Å². The number of benzene rings is 1. The van der Waals surface area contributed by atoms with Gasteiger partial charge in [0.25, 0.3) is 0 Å². The van der Waals surface area contributed by atoms with Crippen LogP contribution in [0.1, 0.15) is 66.7 Å². The number of aromatic nitrogens is 3. The summed E-state index contributed by atoms with van der Waals surface area (Å²) in [5, 5.41) is 3.72. The van der Waals surface area contributed by atoms with Crippen LogP contribution in [0.2, 0.25) is 0 Å². The molecule has 0 spiro atoms. The summed E-state index contributed by atoms with van der Waals surface area (Å²) in [6, 6.07) is 11.4. The number of Topliss-reactive ketones (excluding diaryl/α,β-unsaturated/α-hetero) is 1. The molecule has 2 saturated carbocycles. The summed E-state index contributed by atoms with van der Waals surface area (Å²) in [5.41, 5.74) is 2.80. The first-order valence-electron chi connectivity index (χ1n) is 12.6. The number of fused-ring (bicyclic) bond motifs is 2. The third-order valence-corrected chi connectivity index (χ3v) is 11.0. The van der Waals surface area contributed by atoms with Crippen LogP contribution < -0.4 is 0 Å². The highest BCUT2D eigenvalue weighted by Gasteiger charge is 2.52. The number of carbonyl (C=O) groups is 1. The summed E-state index contributed by atoms with van der Waals surface area (Å²) in [6.07, 6.45) is 10.4. The first kappa shape index (κ1) is 23.3. The zero-order valence-corrected chi connectivity index (χ0v) is 20.8. The number of hydrogen-bond donors (Lipinski definition) is 0. The Morgan fingerprint density at radius 3 is 2.53 bits per heavy atom. The van der Waals surface area contributed by atoms with Crippen molar-refractivity contribution in [2.24, 2.45) is 5.41 Å². The monoisotopic (exact) mass is 505 g/mol. The van der Waals surface area contributed by atoms with E-state index in [9.17, 15) is 17.6 Å². The quantitative estimate of drug-likeness (QED) is 0.449. The predicted octanol–water partition coefficient (Wildman–Crippen LogP) is 5.13. The number of allylic oxidation sites excluding steroid dienone is 1. The maximum atomic E-state index is 14.1. The first-order valence-corrected chi connectivity index (χ1v) is 14.2. The van der Waals surface area contributed by atoms with E-state index in [1.807, 2.05) is 6.08 Å². The average molecular weight is 506 g/mol. The smallest absolute Gasteiger partial charge is 0.191 e. The molecule has 6 rings (SSSR count). The third-order valence-electron chi connectivity index (χ3n) is 8.25. The zero-order valence-electron chi connectivity index (χ0n) is 19.9. The van der Waals surface area contributed by atoms with Gasteiger partial charge < -0.3 is 0 Å². The van der Waals surface area contributed by atoms with E-state index in [0.717, 1.165) is 48.2 Å². The molecule has 3 aliphatic rings. The van der Waals surface area contributed by atoms with Crippen LogP contribution in [-0.4, -0.2) is 39.5 Å². The molecule has 0 unspecified atom stereocenters. The van der Waals surface area contributed by atoms with Crippen LogP contribution in [-0.2, 0) is 16.3 Å². The van der Waals surface area contributed by atoms with E-state index in [0.29, 0.717) is 25.0 Å². The second kappa shape index (κ2) is 8.76. The maximum Gasteiger partial charge on any atom is 0.191 e. The molecular weight excluding hydrogens is 477 g/mol. The number of carbonyl (C=O) groups excluding carboxylic acids is 1. The molecule has 36 heavy (non-hydrogen) atoms. The fraction of sp³-hybridized carbons (Fsp3) is 0.393. The topological polar surface area (TPSA) is 81.9 Å². The van der Waals surface area contributed by atoms with Crippen LogP contribution in [0.4, 0.5) is 4.39 Å². The molecule has 0 bridgehead atoms. The van der Waals surface area contributed by atoms with Crippen LogP contribution in [0, 0.1) is 11.2 Å². The highest BCUT2D eigenvalue weighted by Crippen LogP contribution is 2.52. The lowest BCUT2D eigenvalue weighted by molar-refractivity contribution is 0.0796. The Hall–Kier alpha value is -3.13. The minimum absolute atomic E-state index is 0.124. The first-order chi connectivity index (χ1) is 17.4. The van der Waals surface area contributed by atoms with Crippen molar-refractivity contribution in [3.63, 3.8) is 0 Å². The van der Waals surface area contributed by atoms with E-state index in [2.05, 4.69) is 10.1 Å². The van der Waals surface area contributed by atoms with Gasteiger partial charge in [-0.25, -0.2) is 17.5 Å². The van der Waals surface area contributed by atoms with Crippen molar-refractivity contribution in [1.82, 2.24) is 14.8 Å². The molecule has 0 aliphatic heterocycles. The lowest BCUT2D eigenvalue weighted by Gasteiger charge is -2.44. The minimum Gasteiger partial charge on any atom is -0.291 e. The number of sulfone groups is 1. The van der Waals surface area contributed by atoms with Crippen LogP contribution in [0.5, 0.6) is 0 Å². The largest absolute Gasteiger partial charge is 0.291 e. The van der Waals surface area contributed by atoms with Crippen molar-refractivity contribution in [2.75, 3.05) is 0 Å². The fourth-order valence-electron chi connectivity index (χ4n) is 6.36. The van der Waals surface area contributed by atoms with E-state index < -0.39 is 20.5 Å². The molecule has 2 heterocycles. The molecule has 0 N–H and O–H groups in total. The highest BCUT2D eigenvalue weighted by atomic mass is 32.2. The molecule has 0 radical (unpaired) electrons. The van der Waals surface area contributed by atoms with Gasteiger partial charge in [-0.2, -0.15) is 5.10 Å². The molecule has 0 saturated heterocycles. The summed E-state index contributed by atoms with van der Waals surface area (Å²) < 4.78 is 42.5. The van der Waals surface area contributed by atoms with Gasteiger partial charge >= 0.3 is 0 Å². The van der Waals surface area contributed by atoms with Crippen molar-refractivity contribution < 1.29 is 17.6 Å². The van der Waals surface area contributed by atoms with Gasteiger partial charge in [-0.05, 0) is 86.6 Å². The highest BCUT2D eigenvalue weighted by molar-refractivity contribution is 7.92. The van der Waals surface area contributed by atoms with Gasteiger partial charge in [-0.1, -0.05) is 24.5 Å². The van der Waals surface area contributed by atoms with Crippen molar-refractivity contribution in [2.45, 2.75) is 61.9 Å². The van der Waals surface area contributed by atoms with E-state index in [4.69, 9.17) is 0 Å². The normalized spacial score (nSPS) is 24.1. The van der Waals surface area contributed by atoms with Gasteiger partial charge in [0.15, 0.2) is 15.6 Å². The Balaban J connectivity index is 1.44. The van der Waals surface area contributed by atoms with Gasteiger partial charge in [0, 0.05) is 6.20 Å². The third kappa shape index (κ3) is 3.74. The minimum atomic E-state index is -3.34. The molecule has 2 fully saturated rings. The van der Waals surface area contributed by atoms with Crippen LogP contribution in [0.15, 0.2) is 60.4 Å². The predicted molar refractivity (Wildman–Crippen MR) is 135 cm³/mol. The molecule has 8 heteroatoms. The zero-order chi connectivity index (χ0) is 24.9. The van der Waals surface area contributed by atoms with Gasteiger partial charge in [0.1, 0.15) is 11.5 Å². The summed E-state index contributed by atoms with van der Waals surface area (Å²) >= 11 is 0. The molecule has 3 aliphatic carbocycles. The molecule has 1 aromatic carbocycles. The lowest BCUT2D eigenvalue weighted by Crippen LogP contribution is -2.47. The van der Waals surface area contributed by atoms with E-state index in [1.165, 1.54) is 12.1 Å². The summed E-state index contributed by atoms with van der Waals surface area (Å²) in [7, 11) is -3.34. The van der Waals surface area contributed by atoms with Crippen LogP contribution >= 0.6 is 0 Å². The number of rotatable bonds is 5. The van der Waals surface area contributed by atoms with Gasteiger partial charge in [-0.3, -0.25) is 9.78 Å². The van der Waals surface area contributed by atoms with Crippen LogP contribution in [0.3, 0.4) is 0 Å². The lowest BCUT2D eigenvalue weighted by atomic mass is 9.61. The van der Waals surface area contributed by atoms with Crippen LogP contribution in [0.25, 0.3) is 11.8 Å². The summed E-state index contributed by atoms with van der Waals surface area (Å²) in [4.78, 5) is 18.4. The number of nitrogens with zero attached hydrogens (tertiary/aromatic N) is 3. The Morgan fingerprint density at radius 2 is 1.81 bits per heavy atom. The Labute approximate surface area is 210 Å². The Bertz CT molecular complexity index is 1440. The Morgan fingerprint density at radius 1 is 1.03 bits per heavy atom. The molecule has 2 atom stereocenters. The van der Waals surface area contributed by atoms with Gasteiger partial charge in [0.05, 0.1) is 33.5 Å². The Kier molecular flexibility index (Phi) is 5.67. The molecule has 3 aromatic rings. The molecule has 186 valence electrons. The molecule has 2 aromatic heterocycles. The number of ketones is 1. The van der Waals surface area contributed by atoms with E-state index in [-0.39, 0.29) is 23.3 Å². The second-order valence-electron chi connectivity index (χ2n) is 10.3. The molecular formula is C28H28FN3O3S. The standard InChI is InChI=1S/C28H28FN3O3S/c29-21-9-11-22(12-10-21)32-26-15-20-8-13-24(36(34,35)23-5-1-2-6-23)17-28(20,16-19(26)18-31-32)27(33)25-7-3-4-14-30-25/h3-4,7,9-12,14-15,18,23-24H,1-2,5-6,8,13,16-17H2/t24-,28-/m0/s1. The van der Waals surface area contributed by atoms with Crippen molar-refractivity contribution in [3.8, 4) is 5.69 Å². The summed E-state index contributed by atoms with van der Waals surface area (Å²) in [6.45, 7) is 0. The van der Waals surface area contributed by atoms with Gasteiger partial charge in [-0.15, -0.1) is 0 Å². The number of hydrogen-bond acceptors (Lipinski definition) is 5. The van der Waals surface area contributed by atoms with Gasteiger partial charge in [0.2, 0.25) is 0 Å². The SMILES string of the molecule is O=C(c1ccccn1)[C@]12Cc3cnn(-c4ccc(F)cc4)c3C=C1CC[C@H](S(=O)(=O)C1CCCC1)C2.